The van der Waals surface area contributed by atoms with Crippen LogP contribution in [0.2, 0.25) is 0 Å². The number of pyridine rings is 1. The van der Waals surface area contributed by atoms with Crippen molar-refractivity contribution in [2.75, 3.05) is 0 Å². The van der Waals surface area contributed by atoms with E-state index in [9.17, 15) is 9.18 Å². The number of hydrogen-bond donors (Lipinski definition) is 0. The van der Waals surface area contributed by atoms with Gasteiger partial charge in [-0.3, -0.25) is 9.78 Å². The molecule has 0 fully saturated rings. The molecule has 2 aromatic rings. The molecule has 2 nitrogen and oxygen atoms in total. The first-order valence-corrected chi connectivity index (χ1v) is 5.33. The van der Waals surface area contributed by atoms with E-state index < -0.39 is 5.82 Å². The minimum absolute atomic E-state index is 0.0845. The summed E-state index contributed by atoms with van der Waals surface area (Å²) in [6, 6.07) is 9.41. The van der Waals surface area contributed by atoms with Gasteiger partial charge < -0.3 is 0 Å². The van der Waals surface area contributed by atoms with Gasteiger partial charge in [-0.2, -0.15) is 0 Å². The Bertz CT molecular complexity index is 578. The third-order valence-electron chi connectivity index (χ3n) is 2.59. The maximum absolute atomic E-state index is 13.5. The van der Waals surface area contributed by atoms with Crippen LogP contribution in [-0.4, -0.2) is 10.8 Å². The first kappa shape index (κ1) is 11.5. The second-order valence-electron chi connectivity index (χ2n) is 3.89. The fraction of sp³-hybridized carbons (Fsp3) is 0.143. The Kier molecular flexibility index (Phi) is 3.00. The molecule has 0 spiro atoms. The number of aryl methyl sites for hydroxylation is 2. The third kappa shape index (κ3) is 2.23. The molecular weight excluding hydrogens is 217 g/mol. The minimum Gasteiger partial charge on any atom is -0.288 e. The van der Waals surface area contributed by atoms with Gasteiger partial charge in [0.15, 0.2) is 5.78 Å². The molecule has 1 aromatic heterocycles. The van der Waals surface area contributed by atoms with Crippen molar-refractivity contribution in [2.45, 2.75) is 13.8 Å². The average molecular weight is 229 g/mol. The SMILES string of the molecule is Cc1ccc(C(=O)c2ccccc2F)c(C)n1. The van der Waals surface area contributed by atoms with Gasteiger partial charge in [0, 0.05) is 17.0 Å². The third-order valence-corrected chi connectivity index (χ3v) is 2.59. The summed E-state index contributed by atoms with van der Waals surface area (Å²) in [6.45, 7) is 3.60. The number of halogens is 1. The van der Waals surface area contributed by atoms with E-state index in [0.29, 0.717) is 11.3 Å². The van der Waals surface area contributed by atoms with Crippen LogP contribution in [-0.2, 0) is 0 Å². The maximum Gasteiger partial charge on any atom is 0.197 e. The Morgan fingerprint density at radius 2 is 1.76 bits per heavy atom. The Morgan fingerprint density at radius 3 is 2.41 bits per heavy atom. The fourth-order valence-electron chi connectivity index (χ4n) is 1.72. The van der Waals surface area contributed by atoms with Crippen LogP contribution in [0, 0.1) is 19.7 Å². The van der Waals surface area contributed by atoms with Gasteiger partial charge in [0.2, 0.25) is 0 Å². The van der Waals surface area contributed by atoms with Crippen LogP contribution in [0.1, 0.15) is 27.3 Å². The number of hydrogen-bond acceptors (Lipinski definition) is 2. The van der Waals surface area contributed by atoms with Crippen molar-refractivity contribution in [1.82, 2.24) is 4.98 Å². The van der Waals surface area contributed by atoms with Crippen molar-refractivity contribution < 1.29 is 9.18 Å². The van der Waals surface area contributed by atoms with Crippen LogP contribution in [0.5, 0.6) is 0 Å². The maximum atomic E-state index is 13.5. The Balaban J connectivity index is 2.48. The van der Waals surface area contributed by atoms with E-state index in [0.717, 1.165) is 5.69 Å². The molecule has 1 heterocycles. The molecule has 0 N–H and O–H groups in total. The standard InChI is InChI=1S/C14H12FNO/c1-9-7-8-11(10(2)16-9)14(17)12-5-3-4-6-13(12)15/h3-8H,1-2H3. The zero-order valence-electron chi connectivity index (χ0n) is 9.70. The number of carbonyl (C=O) groups excluding carboxylic acids is 1. The summed E-state index contributed by atoms with van der Waals surface area (Å²) in [5.41, 5.74) is 1.99. The van der Waals surface area contributed by atoms with Gasteiger partial charge in [-0.25, -0.2) is 4.39 Å². The second-order valence-corrected chi connectivity index (χ2v) is 3.89. The summed E-state index contributed by atoms with van der Waals surface area (Å²) >= 11 is 0. The highest BCUT2D eigenvalue weighted by Crippen LogP contribution is 2.15. The van der Waals surface area contributed by atoms with E-state index in [-0.39, 0.29) is 11.3 Å². The smallest absolute Gasteiger partial charge is 0.197 e. The van der Waals surface area contributed by atoms with E-state index in [4.69, 9.17) is 0 Å². The lowest BCUT2D eigenvalue weighted by molar-refractivity contribution is 0.103. The lowest BCUT2D eigenvalue weighted by Crippen LogP contribution is -2.07. The van der Waals surface area contributed by atoms with Crippen molar-refractivity contribution in [3.8, 4) is 0 Å². The highest BCUT2D eigenvalue weighted by atomic mass is 19.1. The molecule has 0 saturated carbocycles. The van der Waals surface area contributed by atoms with Gasteiger partial charge in [-0.15, -0.1) is 0 Å². The Hall–Kier alpha value is -2.03. The Morgan fingerprint density at radius 1 is 1.06 bits per heavy atom. The number of ketones is 1. The first-order valence-electron chi connectivity index (χ1n) is 5.33. The number of nitrogens with zero attached hydrogens (tertiary/aromatic N) is 1. The van der Waals surface area contributed by atoms with Gasteiger partial charge in [0.25, 0.3) is 0 Å². The predicted octanol–water partition coefficient (Wildman–Crippen LogP) is 3.07. The monoisotopic (exact) mass is 229 g/mol. The molecule has 86 valence electrons. The topological polar surface area (TPSA) is 30.0 Å². The van der Waals surface area contributed by atoms with Crippen LogP contribution in [0.15, 0.2) is 36.4 Å². The van der Waals surface area contributed by atoms with Crippen LogP contribution in [0.3, 0.4) is 0 Å². The van der Waals surface area contributed by atoms with E-state index in [2.05, 4.69) is 4.98 Å². The predicted molar refractivity (Wildman–Crippen MR) is 63.5 cm³/mol. The summed E-state index contributed by atoms with van der Waals surface area (Å²) in [4.78, 5) is 16.3. The van der Waals surface area contributed by atoms with Crippen molar-refractivity contribution in [2.24, 2.45) is 0 Å². The highest BCUT2D eigenvalue weighted by Gasteiger charge is 2.15. The van der Waals surface area contributed by atoms with Gasteiger partial charge in [-0.1, -0.05) is 12.1 Å². The van der Waals surface area contributed by atoms with Crippen LogP contribution < -0.4 is 0 Å². The highest BCUT2D eigenvalue weighted by molar-refractivity contribution is 6.09. The molecule has 0 aliphatic rings. The quantitative estimate of drug-likeness (QED) is 0.741. The summed E-state index contributed by atoms with van der Waals surface area (Å²) in [5.74, 6) is -0.828. The van der Waals surface area contributed by atoms with E-state index in [1.807, 2.05) is 6.92 Å². The molecule has 0 aliphatic carbocycles. The van der Waals surface area contributed by atoms with Crippen LogP contribution >= 0.6 is 0 Å². The molecule has 0 bridgehead atoms. The average Bonchev–Trinajstić information content (AvgIpc) is 2.29. The summed E-state index contributed by atoms with van der Waals surface area (Å²) in [7, 11) is 0. The number of carbonyl (C=O) groups is 1. The molecule has 0 saturated heterocycles. The molecule has 0 radical (unpaired) electrons. The molecule has 17 heavy (non-hydrogen) atoms. The fourth-order valence-corrected chi connectivity index (χ4v) is 1.72. The van der Waals surface area contributed by atoms with Crippen molar-refractivity contribution >= 4 is 5.78 Å². The second kappa shape index (κ2) is 4.45. The first-order chi connectivity index (χ1) is 8.09. The zero-order chi connectivity index (χ0) is 12.4. The minimum atomic E-state index is -0.502. The number of benzene rings is 1. The van der Waals surface area contributed by atoms with Crippen LogP contribution in [0.4, 0.5) is 4.39 Å². The van der Waals surface area contributed by atoms with Gasteiger partial charge in [-0.05, 0) is 38.1 Å². The molecule has 0 aliphatic heterocycles. The summed E-state index contributed by atoms with van der Waals surface area (Å²) in [5, 5.41) is 0. The molecular formula is C14H12FNO. The molecule has 0 atom stereocenters. The van der Waals surface area contributed by atoms with E-state index in [1.54, 1.807) is 31.2 Å². The van der Waals surface area contributed by atoms with E-state index >= 15 is 0 Å². The normalized spacial score (nSPS) is 10.3. The van der Waals surface area contributed by atoms with Crippen molar-refractivity contribution in [1.29, 1.82) is 0 Å². The molecule has 3 heteroatoms. The Labute approximate surface area is 99.1 Å². The number of rotatable bonds is 2. The molecule has 2 rings (SSSR count). The molecule has 0 unspecified atom stereocenters. The molecule has 0 amide bonds. The van der Waals surface area contributed by atoms with Crippen molar-refractivity contribution in [3.63, 3.8) is 0 Å². The lowest BCUT2D eigenvalue weighted by atomic mass is 10.0. The molecule has 1 aromatic carbocycles. The zero-order valence-corrected chi connectivity index (χ0v) is 9.70. The summed E-state index contributed by atoms with van der Waals surface area (Å²) < 4.78 is 13.5. The summed E-state index contributed by atoms with van der Waals surface area (Å²) in [6.07, 6.45) is 0. The van der Waals surface area contributed by atoms with Gasteiger partial charge >= 0.3 is 0 Å². The lowest BCUT2D eigenvalue weighted by Gasteiger charge is -2.06. The van der Waals surface area contributed by atoms with Crippen LogP contribution in [0.25, 0.3) is 0 Å². The van der Waals surface area contributed by atoms with Crippen molar-refractivity contribution in [3.05, 3.63) is 64.7 Å². The van der Waals surface area contributed by atoms with Gasteiger partial charge in [0.1, 0.15) is 5.82 Å². The van der Waals surface area contributed by atoms with Gasteiger partial charge in [0.05, 0.1) is 5.56 Å². The largest absolute Gasteiger partial charge is 0.288 e. The van der Waals surface area contributed by atoms with E-state index in [1.165, 1.54) is 12.1 Å². The number of aromatic nitrogens is 1.